The van der Waals surface area contributed by atoms with Crippen LogP contribution in [0.15, 0.2) is 72.8 Å². The van der Waals surface area contributed by atoms with Gasteiger partial charge in [0, 0.05) is 17.0 Å². The minimum absolute atomic E-state index is 0.0588. The molecule has 170 valence electrons. The average molecular weight is 464 g/mol. The molecule has 1 fully saturated rings. The summed E-state index contributed by atoms with van der Waals surface area (Å²) in [4.78, 5) is 12.8. The highest BCUT2D eigenvalue weighted by Crippen LogP contribution is 2.40. The first-order valence-electron chi connectivity index (χ1n) is 11.1. The normalized spacial score (nSPS) is 19.9. The van der Waals surface area contributed by atoms with Crippen molar-refractivity contribution < 1.29 is 23.1 Å². The van der Waals surface area contributed by atoms with Gasteiger partial charge >= 0.3 is 0 Å². The van der Waals surface area contributed by atoms with E-state index in [1.807, 2.05) is 42.5 Å². The summed E-state index contributed by atoms with van der Waals surface area (Å²) in [6.07, 6.45) is 1.21. The number of hydrogen-bond acceptors (Lipinski definition) is 5. The first-order chi connectivity index (χ1) is 15.9. The lowest BCUT2D eigenvalue weighted by Gasteiger charge is -2.31. The predicted molar refractivity (Wildman–Crippen MR) is 125 cm³/mol. The molecule has 2 aliphatic rings. The number of hydrogen-bond donors (Lipinski definition) is 2. The molecule has 1 amide bonds. The van der Waals surface area contributed by atoms with Gasteiger partial charge in [-0.15, -0.1) is 0 Å². The predicted octanol–water partition coefficient (Wildman–Crippen LogP) is 3.86. The topological polar surface area (TPSA) is 92.7 Å². The third-order valence-corrected chi connectivity index (χ3v) is 8.07. The number of amides is 1. The molecule has 33 heavy (non-hydrogen) atoms. The fourth-order valence-electron chi connectivity index (χ4n) is 4.28. The van der Waals surface area contributed by atoms with Crippen molar-refractivity contribution in [2.24, 2.45) is 5.92 Å². The second-order valence-electron chi connectivity index (χ2n) is 8.68. The van der Waals surface area contributed by atoms with Gasteiger partial charge in [-0.05, 0) is 48.1 Å². The van der Waals surface area contributed by atoms with Gasteiger partial charge in [0.25, 0.3) is 5.91 Å². The third kappa shape index (κ3) is 4.51. The van der Waals surface area contributed by atoms with E-state index in [0.29, 0.717) is 42.7 Å². The lowest BCUT2D eigenvalue weighted by Crippen LogP contribution is -2.33. The fraction of sp³-hybridized carbons (Fsp3) is 0.269. The number of carbonyl (C=O) groups excluding carboxylic acids is 1. The standard InChI is InChI=1S/C26H25NO5S/c28-25-19(14-17-6-2-1-3-7-17)16-32-24-15-18(10-13-23(24)25)21-8-4-5-9-22(21)26(29)27-33(30,31)20-11-12-20/h1-10,13,15,19-20,25,28H,11-12,14,16H2,(H,27,29)/t19?,25-/m1/s1. The molecule has 1 aliphatic carbocycles. The summed E-state index contributed by atoms with van der Waals surface area (Å²) in [6, 6.07) is 22.3. The Hall–Kier alpha value is -3.16. The Labute approximate surface area is 193 Å². The highest BCUT2D eigenvalue weighted by Gasteiger charge is 2.37. The van der Waals surface area contributed by atoms with Crippen LogP contribution in [0.2, 0.25) is 0 Å². The van der Waals surface area contributed by atoms with Crippen molar-refractivity contribution in [1.29, 1.82) is 0 Å². The van der Waals surface area contributed by atoms with Crippen molar-refractivity contribution in [1.82, 2.24) is 4.72 Å². The summed E-state index contributed by atoms with van der Waals surface area (Å²) in [6.45, 7) is 0.383. The van der Waals surface area contributed by atoms with Crippen molar-refractivity contribution in [2.75, 3.05) is 6.61 Å². The zero-order valence-electron chi connectivity index (χ0n) is 18.0. The van der Waals surface area contributed by atoms with Crippen LogP contribution in [0.25, 0.3) is 11.1 Å². The number of aliphatic hydroxyl groups excluding tert-OH is 1. The molecule has 2 atom stereocenters. The largest absolute Gasteiger partial charge is 0.493 e. The molecular weight excluding hydrogens is 438 g/mol. The number of carbonyl (C=O) groups is 1. The van der Waals surface area contributed by atoms with Gasteiger partial charge in [0.15, 0.2) is 0 Å². The molecule has 2 N–H and O–H groups in total. The van der Waals surface area contributed by atoms with E-state index >= 15 is 0 Å². The summed E-state index contributed by atoms with van der Waals surface area (Å²) in [7, 11) is -3.64. The molecule has 0 aromatic heterocycles. The number of ether oxygens (including phenoxy) is 1. The number of fused-ring (bicyclic) bond motifs is 1. The number of aliphatic hydroxyl groups is 1. The van der Waals surface area contributed by atoms with Crippen LogP contribution in [0.4, 0.5) is 0 Å². The maximum atomic E-state index is 12.8. The minimum Gasteiger partial charge on any atom is -0.493 e. The van der Waals surface area contributed by atoms with E-state index in [2.05, 4.69) is 4.72 Å². The quantitative estimate of drug-likeness (QED) is 0.579. The summed E-state index contributed by atoms with van der Waals surface area (Å²) in [5.41, 5.74) is 3.46. The molecule has 3 aromatic rings. The van der Waals surface area contributed by atoms with Crippen LogP contribution in [0.3, 0.4) is 0 Å². The highest BCUT2D eigenvalue weighted by atomic mass is 32.2. The summed E-state index contributed by atoms with van der Waals surface area (Å²) in [5.74, 6) is -0.124. The van der Waals surface area contributed by atoms with Gasteiger partial charge in [-0.3, -0.25) is 4.79 Å². The molecule has 1 aliphatic heterocycles. The van der Waals surface area contributed by atoms with Crippen molar-refractivity contribution in [3.8, 4) is 16.9 Å². The van der Waals surface area contributed by atoms with Crippen LogP contribution < -0.4 is 9.46 Å². The van der Waals surface area contributed by atoms with Crippen molar-refractivity contribution in [3.63, 3.8) is 0 Å². The van der Waals surface area contributed by atoms with E-state index in [1.165, 1.54) is 0 Å². The van der Waals surface area contributed by atoms with E-state index in [1.54, 1.807) is 30.3 Å². The van der Waals surface area contributed by atoms with E-state index < -0.39 is 27.3 Å². The fourth-order valence-corrected chi connectivity index (χ4v) is 5.57. The Morgan fingerprint density at radius 3 is 2.48 bits per heavy atom. The Kier molecular flexibility index (Phi) is 5.68. The average Bonchev–Trinajstić information content (AvgIpc) is 3.68. The zero-order chi connectivity index (χ0) is 23.0. The van der Waals surface area contributed by atoms with Gasteiger partial charge in [0.05, 0.1) is 18.0 Å². The van der Waals surface area contributed by atoms with Crippen LogP contribution in [0, 0.1) is 5.92 Å². The van der Waals surface area contributed by atoms with Crippen molar-refractivity contribution in [2.45, 2.75) is 30.6 Å². The molecular formula is C26H25NO5S. The van der Waals surface area contributed by atoms with Gasteiger partial charge in [0.1, 0.15) is 5.75 Å². The van der Waals surface area contributed by atoms with Gasteiger partial charge in [-0.2, -0.15) is 0 Å². The Morgan fingerprint density at radius 2 is 1.73 bits per heavy atom. The zero-order valence-corrected chi connectivity index (χ0v) is 18.8. The monoisotopic (exact) mass is 463 g/mol. The van der Waals surface area contributed by atoms with E-state index in [4.69, 9.17) is 4.74 Å². The van der Waals surface area contributed by atoms with Crippen LogP contribution >= 0.6 is 0 Å². The summed E-state index contributed by atoms with van der Waals surface area (Å²) >= 11 is 0. The van der Waals surface area contributed by atoms with Gasteiger partial charge in [-0.1, -0.05) is 60.7 Å². The summed E-state index contributed by atoms with van der Waals surface area (Å²) < 4.78 is 32.7. The molecule has 7 heteroatoms. The van der Waals surface area contributed by atoms with Gasteiger partial charge in [0.2, 0.25) is 10.0 Å². The molecule has 6 nitrogen and oxygen atoms in total. The molecule has 5 rings (SSSR count). The second kappa shape index (κ2) is 8.65. The number of sulfonamides is 1. The molecule has 1 saturated carbocycles. The van der Waals surface area contributed by atoms with Crippen molar-refractivity contribution in [3.05, 3.63) is 89.5 Å². The maximum Gasteiger partial charge on any atom is 0.265 e. The van der Waals surface area contributed by atoms with Crippen LogP contribution in [0.1, 0.15) is 40.4 Å². The molecule has 3 aromatic carbocycles. The number of nitrogens with one attached hydrogen (secondary N) is 1. The van der Waals surface area contributed by atoms with Gasteiger partial charge in [-0.25, -0.2) is 13.1 Å². The number of benzene rings is 3. The smallest absolute Gasteiger partial charge is 0.265 e. The van der Waals surface area contributed by atoms with Gasteiger partial charge < -0.3 is 9.84 Å². The Morgan fingerprint density at radius 1 is 1.00 bits per heavy atom. The Bertz CT molecular complexity index is 1290. The first kappa shape index (κ1) is 21.7. The summed E-state index contributed by atoms with van der Waals surface area (Å²) in [5, 5.41) is 10.5. The molecule has 0 bridgehead atoms. The minimum atomic E-state index is -3.64. The van der Waals surface area contributed by atoms with Crippen LogP contribution in [0.5, 0.6) is 5.75 Å². The van der Waals surface area contributed by atoms with E-state index in [9.17, 15) is 18.3 Å². The lowest BCUT2D eigenvalue weighted by atomic mass is 9.87. The molecule has 0 saturated heterocycles. The Balaban J connectivity index is 1.40. The van der Waals surface area contributed by atoms with Crippen molar-refractivity contribution >= 4 is 15.9 Å². The molecule has 1 unspecified atom stereocenters. The molecule has 0 radical (unpaired) electrons. The maximum absolute atomic E-state index is 12.8. The SMILES string of the molecule is O=C(NS(=O)(=O)C1CC1)c1ccccc1-c1ccc2c(c1)OCC(Cc1ccccc1)[C@H]2O. The highest BCUT2D eigenvalue weighted by molar-refractivity contribution is 7.91. The third-order valence-electron chi connectivity index (χ3n) is 6.25. The number of rotatable bonds is 6. The molecule has 0 spiro atoms. The second-order valence-corrected chi connectivity index (χ2v) is 10.6. The lowest BCUT2D eigenvalue weighted by molar-refractivity contribution is 0.0508. The van der Waals surface area contributed by atoms with E-state index in [-0.39, 0.29) is 11.5 Å². The first-order valence-corrected chi connectivity index (χ1v) is 12.6. The molecule has 1 heterocycles. The van der Waals surface area contributed by atoms with E-state index in [0.717, 1.165) is 11.1 Å². The van der Waals surface area contributed by atoms with Crippen LogP contribution in [-0.2, 0) is 16.4 Å². The van der Waals surface area contributed by atoms with Crippen LogP contribution in [-0.4, -0.2) is 31.3 Å².